The second-order valence-electron chi connectivity index (χ2n) is 5.32. The van der Waals surface area contributed by atoms with Gasteiger partial charge in [0.2, 0.25) is 0 Å². The lowest BCUT2D eigenvalue weighted by molar-refractivity contribution is 0.570. The summed E-state index contributed by atoms with van der Waals surface area (Å²) in [6, 6.07) is 11.3. The third kappa shape index (κ3) is 4.56. The van der Waals surface area contributed by atoms with Gasteiger partial charge >= 0.3 is 0 Å². The second kappa shape index (κ2) is 7.97. The molecule has 0 saturated carbocycles. The lowest BCUT2D eigenvalue weighted by atomic mass is 10.1. The van der Waals surface area contributed by atoms with Crippen molar-refractivity contribution < 1.29 is 0 Å². The number of benzene rings is 1. The molecule has 4 heteroatoms. The van der Waals surface area contributed by atoms with Crippen LogP contribution >= 0.6 is 27.3 Å². The van der Waals surface area contributed by atoms with Crippen LogP contribution in [0, 0.1) is 0 Å². The van der Waals surface area contributed by atoms with Crippen LogP contribution in [-0.2, 0) is 6.54 Å². The Morgan fingerprint density at radius 3 is 2.76 bits per heavy atom. The summed E-state index contributed by atoms with van der Waals surface area (Å²) >= 11 is 5.52. The van der Waals surface area contributed by atoms with Gasteiger partial charge in [0, 0.05) is 22.4 Å². The van der Waals surface area contributed by atoms with Crippen molar-refractivity contribution in [1.29, 1.82) is 0 Å². The number of hydrogen-bond donors (Lipinski definition) is 1. The van der Waals surface area contributed by atoms with Crippen molar-refractivity contribution in [3.63, 3.8) is 0 Å². The third-order valence-electron chi connectivity index (χ3n) is 3.56. The average molecular weight is 367 g/mol. The van der Waals surface area contributed by atoms with E-state index in [0.29, 0.717) is 6.04 Å². The van der Waals surface area contributed by atoms with Crippen LogP contribution in [0.15, 0.2) is 40.2 Å². The molecule has 0 aliphatic heterocycles. The normalized spacial score (nSPS) is 12.4. The largest absolute Gasteiger partial charge is 0.369 e. The maximum absolute atomic E-state index is 3.72. The summed E-state index contributed by atoms with van der Waals surface area (Å²) in [4.78, 5) is 3.66. The van der Waals surface area contributed by atoms with Gasteiger partial charge in [-0.2, -0.15) is 0 Å². The highest BCUT2D eigenvalue weighted by Gasteiger charge is 2.10. The minimum Gasteiger partial charge on any atom is -0.369 e. The molecule has 2 aromatic rings. The van der Waals surface area contributed by atoms with Gasteiger partial charge in [0.1, 0.15) is 0 Å². The van der Waals surface area contributed by atoms with Crippen molar-refractivity contribution in [2.75, 3.05) is 18.5 Å². The van der Waals surface area contributed by atoms with E-state index in [1.807, 2.05) is 0 Å². The molecule has 0 aliphatic carbocycles. The van der Waals surface area contributed by atoms with Crippen LogP contribution in [0.25, 0.3) is 0 Å². The number of thiophene rings is 1. The van der Waals surface area contributed by atoms with E-state index < -0.39 is 0 Å². The van der Waals surface area contributed by atoms with Crippen molar-refractivity contribution in [3.05, 3.63) is 50.6 Å². The molecule has 21 heavy (non-hydrogen) atoms. The Bertz CT molecular complexity index is 554. The van der Waals surface area contributed by atoms with Gasteiger partial charge in [-0.05, 0) is 65.0 Å². The fraction of sp³-hybridized carbons (Fsp3) is 0.412. The van der Waals surface area contributed by atoms with Gasteiger partial charge in [-0.25, -0.2) is 0 Å². The molecule has 0 amide bonds. The first-order valence-electron chi connectivity index (χ1n) is 7.38. The molecule has 2 rings (SSSR count). The molecular formula is C17H23BrN2S. The van der Waals surface area contributed by atoms with E-state index in [9.17, 15) is 0 Å². The Kier molecular flexibility index (Phi) is 6.27. The third-order valence-corrected chi connectivity index (χ3v) is 5.05. The monoisotopic (exact) mass is 366 g/mol. The number of anilines is 1. The van der Waals surface area contributed by atoms with E-state index in [1.165, 1.54) is 16.1 Å². The second-order valence-corrected chi connectivity index (χ2v) is 7.21. The van der Waals surface area contributed by atoms with Crippen molar-refractivity contribution >= 4 is 33.0 Å². The Balaban J connectivity index is 2.07. The number of halogens is 1. The summed E-state index contributed by atoms with van der Waals surface area (Å²) in [5.74, 6) is 0. The van der Waals surface area contributed by atoms with Crippen LogP contribution in [0.3, 0.4) is 0 Å². The number of rotatable bonds is 7. The van der Waals surface area contributed by atoms with E-state index >= 15 is 0 Å². The summed E-state index contributed by atoms with van der Waals surface area (Å²) < 4.78 is 1.16. The van der Waals surface area contributed by atoms with Crippen molar-refractivity contribution in [2.24, 2.45) is 0 Å². The minimum absolute atomic E-state index is 0.387. The molecule has 114 valence electrons. The van der Waals surface area contributed by atoms with Gasteiger partial charge in [0.25, 0.3) is 0 Å². The molecule has 0 saturated heterocycles. The molecule has 1 unspecified atom stereocenters. The molecule has 0 radical (unpaired) electrons. The van der Waals surface area contributed by atoms with Gasteiger partial charge in [0.05, 0.1) is 12.2 Å². The fourth-order valence-corrected chi connectivity index (χ4v) is 3.76. The highest BCUT2D eigenvalue weighted by molar-refractivity contribution is 9.10. The first kappa shape index (κ1) is 16.5. The number of hydrogen-bond acceptors (Lipinski definition) is 3. The van der Waals surface area contributed by atoms with Crippen LogP contribution < -0.4 is 10.2 Å². The lowest BCUT2D eigenvalue weighted by Gasteiger charge is -2.22. The Hall–Kier alpha value is -0.840. The summed E-state index contributed by atoms with van der Waals surface area (Å²) in [5, 5.41) is 5.66. The minimum atomic E-state index is 0.387. The van der Waals surface area contributed by atoms with Gasteiger partial charge in [-0.3, -0.25) is 0 Å². The lowest BCUT2D eigenvalue weighted by Crippen LogP contribution is -2.20. The molecule has 1 atom stereocenters. The maximum Gasteiger partial charge on any atom is 0.0519 e. The van der Waals surface area contributed by atoms with Crippen molar-refractivity contribution in [3.8, 4) is 0 Å². The van der Waals surface area contributed by atoms with Crippen LogP contribution in [0.5, 0.6) is 0 Å². The molecule has 1 aromatic carbocycles. The van der Waals surface area contributed by atoms with E-state index in [-0.39, 0.29) is 0 Å². The Labute approximate surface area is 140 Å². The standard InChI is InChI=1S/C17H23BrN2S/c1-4-9-19-13(2)14-7-8-17(16(18)11-14)20(3)12-15-6-5-10-21-15/h5-8,10-11,13,19H,4,9,12H2,1-3H3. The Morgan fingerprint density at radius 2 is 2.14 bits per heavy atom. The van der Waals surface area contributed by atoms with Gasteiger partial charge in [-0.15, -0.1) is 11.3 Å². The zero-order chi connectivity index (χ0) is 15.2. The maximum atomic E-state index is 3.72. The highest BCUT2D eigenvalue weighted by Crippen LogP contribution is 2.30. The number of nitrogens with zero attached hydrogens (tertiary/aromatic N) is 1. The molecule has 2 nitrogen and oxygen atoms in total. The van der Waals surface area contributed by atoms with Gasteiger partial charge in [0.15, 0.2) is 0 Å². The van der Waals surface area contributed by atoms with Gasteiger partial charge in [-0.1, -0.05) is 19.1 Å². The molecule has 1 aromatic heterocycles. The summed E-state index contributed by atoms with van der Waals surface area (Å²) in [5.41, 5.74) is 2.55. The summed E-state index contributed by atoms with van der Waals surface area (Å²) in [7, 11) is 2.14. The van der Waals surface area contributed by atoms with E-state index in [1.54, 1.807) is 11.3 Å². The first-order chi connectivity index (χ1) is 10.1. The zero-order valence-electron chi connectivity index (χ0n) is 12.9. The molecule has 0 bridgehead atoms. The molecule has 0 fully saturated rings. The zero-order valence-corrected chi connectivity index (χ0v) is 15.3. The quantitative estimate of drug-likeness (QED) is 0.723. The summed E-state index contributed by atoms with van der Waals surface area (Å²) in [6.45, 7) is 6.41. The van der Waals surface area contributed by atoms with Crippen LogP contribution in [-0.4, -0.2) is 13.6 Å². The molecule has 1 N–H and O–H groups in total. The average Bonchev–Trinajstić information content (AvgIpc) is 2.97. The van der Waals surface area contributed by atoms with Gasteiger partial charge < -0.3 is 10.2 Å². The topological polar surface area (TPSA) is 15.3 Å². The predicted molar refractivity (Wildman–Crippen MR) is 97.3 cm³/mol. The smallest absolute Gasteiger partial charge is 0.0519 e. The molecular weight excluding hydrogens is 344 g/mol. The molecule has 0 aliphatic rings. The first-order valence-corrected chi connectivity index (χ1v) is 9.05. The van der Waals surface area contributed by atoms with E-state index in [2.05, 4.69) is 82.8 Å². The molecule has 0 spiro atoms. The number of nitrogens with one attached hydrogen (secondary N) is 1. The van der Waals surface area contributed by atoms with Crippen molar-refractivity contribution in [1.82, 2.24) is 5.32 Å². The molecule has 1 heterocycles. The van der Waals surface area contributed by atoms with Crippen molar-refractivity contribution in [2.45, 2.75) is 32.9 Å². The highest BCUT2D eigenvalue weighted by atomic mass is 79.9. The Morgan fingerprint density at radius 1 is 1.33 bits per heavy atom. The van der Waals surface area contributed by atoms with E-state index in [0.717, 1.165) is 24.0 Å². The van der Waals surface area contributed by atoms with Crippen LogP contribution in [0.4, 0.5) is 5.69 Å². The predicted octanol–water partition coefficient (Wildman–Crippen LogP) is 5.21. The summed E-state index contributed by atoms with van der Waals surface area (Å²) in [6.07, 6.45) is 1.16. The SMILES string of the molecule is CCCNC(C)c1ccc(N(C)Cc2cccs2)c(Br)c1. The van der Waals surface area contributed by atoms with Crippen LogP contribution in [0.1, 0.15) is 36.8 Å². The fourth-order valence-electron chi connectivity index (χ4n) is 2.30. The van der Waals surface area contributed by atoms with E-state index in [4.69, 9.17) is 0 Å². The van der Waals surface area contributed by atoms with Crippen LogP contribution in [0.2, 0.25) is 0 Å².